The van der Waals surface area contributed by atoms with Crippen molar-refractivity contribution in [3.8, 4) is 0 Å². The standard InChI is InChI=1S/C15H23NO3S/c17-13-15(9-5-2-6-10-15)12-16-20(18,19)11-14-7-3-1-4-8-14/h1,3-4,7-8,16-17H,2,5-6,9-13H2. The fraction of sp³-hybridized carbons (Fsp3) is 0.600. The van der Waals surface area contributed by atoms with E-state index in [0.29, 0.717) is 6.54 Å². The first kappa shape index (κ1) is 15.5. The number of aliphatic hydroxyl groups is 1. The molecule has 20 heavy (non-hydrogen) atoms. The molecule has 0 spiro atoms. The molecule has 0 aromatic heterocycles. The van der Waals surface area contributed by atoms with Crippen LogP contribution in [0.2, 0.25) is 0 Å². The van der Waals surface area contributed by atoms with E-state index in [4.69, 9.17) is 0 Å². The van der Waals surface area contributed by atoms with Crippen LogP contribution in [0.1, 0.15) is 37.7 Å². The van der Waals surface area contributed by atoms with E-state index in [2.05, 4.69) is 4.72 Å². The topological polar surface area (TPSA) is 66.4 Å². The first-order valence-corrected chi connectivity index (χ1v) is 8.83. The van der Waals surface area contributed by atoms with Crippen LogP contribution >= 0.6 is 0 Å². The highest BCUT2D eigenvalue weighted by molar-refractivity contribution is 7.88. The summed E-state index contributed by atoms with van der Waals surface area (Å²) in [5.74, 6) is -0.00461. The van der Waals surface area contributed by atoms with Crippen molar-refractivity contribution in [3.63, 3.8) is 0 Å². The normalized spacial score (nSPS) is 18.9. The van der Waals surface area contributed by atoms with E-state index in [1.807, 2.05) is 30.3 Å². The number of aliphatic hydroxyl groups excluding tert-OH is 1. The maximum atomic E-state index is 12.1. The molecule has 2 rings (SSSR count). The van der Waals surface area contributed by atoms with Gasteiger partial charge in [0, 0.05) is 18.6 Å². The Morgan fingerprint density at radius 3 is 2.35 bits per heavy atom. The molecular formula is C15H23NO3S. The molecule has 5 heteroatoms. The van der Waals surface area contributed by atoms with Crippen molar-refractivity contribution < 1.29 is 13.5 Å². The van der Waals surface area contributed by atoms with E-state index in [1.165, 1.54) is 6.42 Å². The summed E-state index contributed by atoms with van der Waals surface area (Å²) in [6, 6.07) is 9.15. The van der Waals surface area contributed by atoms with E-state index in [9.17, 15) is 13.5 Å². The largest absolute Gasteiger partial charge is 0.396 e. The van der Waals surface area contributed by atoms with Gasteiger partial charge in [-0.3, -0.25) is 0 Å². The van der Waals surface area contributed by atoms with Gasteiger partial charge in [-0.05, 0) is 18.4 Å². The SMILES string of the molecule is O=S(=O)(Cc1ccccc1)NCC1(CO)CCCCC1. The molecule has 4 nitrogen and oxygen atoms in total. The third-order valence-electron chi connectivity index (χ3n) is 4.12. The van der Waals surface area contributed by atoms with E-state index in [-0.39, 0.29) is 17.8 Å². The number of sulfonamides is 1. The molecule has 0 amide bonds. The van der Waals surface area contributed by atoms with Crippen LogP contribution in [0.3, 0.4) is 0 Å². The van der Waals surface area contributed by atoms with Crippen molar-refractivity contribution in [2.75, 3.05) is 13.2 Å². The lowest BCUT2D eigenvalue weighted by Crippen LogP contribution is -2.41. The van der Waals surface area contributed by atoms with Crippen LogP contribution < -0.4 is 4.72 Å². The molecule has 1 saturated carbocycles. The van der Waals surface area contributed by atoms with Crippen LogP contribution in [0, 0.1) is 5.41 Å². The molecule has 1 fully saturated rings. The van der Waals surface area contributed by atoms with Crippen LogP contribution in [0.15, 0.2) is 30.3 Å². The van der Waals surface area contributed by atoms with Gasteiger partial charge >= 0.3 is 0 Å². The molecule has 0 atom stereocenters. The van der Waals surface area contributed by atoms with Crippen molar-refractivity contribution in [1.82, 2.24) is 4.72 Å². The maximum absolute atomic E-state index is 12.1. The lowest BCUT2D eigenvalue weighted by molar-refractivity contribution is 0.0867. The number of hydrogen-bond acceptors (Lipinski definition) is 3. The van der Waals surface area contributed by atoms with E-state index in [0.717, 1.165) is 31.2 Å². The summed E-state index contributed by atoms with van der Waals surface area (Å²) in [4.78, 5) is 0. The van der Waals surface area contributed by atoms with Gasteiger partial charge in [0.1, 0.15) is 0 Å². The Balaban J connectivity index is 1.94. The second kappa shape index (κ2) is 6.70. The molecule has 0 aliphatic heterocycles. The summed E-state index contributed by atoms with van der Waals surface area (Å²) >= 11 is 0. The van der Waals surface area contributed by atoms with Crippen LogP contribution in [0.25, 0.3) is 0 Å². The molecule has 1 aliphatic rings. The molecule has 1 aromatic carbocycles. The van der Waals surface area contributed by atoms with Gasteiger partial charge in [-0.25, -0.2) is 13.1 Å². The summed E-state index contributed by atoms with van der Waals surface area (Å²) in [6.07, 6.45) is 5.12. The number of nitrogens with one attached hydrogen (secondary N) is 1. The second-order valence-corrected chi connectivity index (χ2v) is 7.59. The summed E-state index contributed by atoms with van der Waals surface area (Å²) in [6.45, 7) is 0.402. The third-order valence-corrected chi connectivity index (χ3v) is 5.41. The number of benzene rings is 1. The minimum absolute atomic E-state index is 0.00461. The highest BCUT2D eigenvalue weighted by Crippen LogP contribution is 2.35. The van der Waals surface area contributed by atoms with Gasteiger partial charge in [0.05, 0.1) is 5.75 Å². The predicted molar refractivity (Wildman–Crippen MR) is 79.7 cm³/mol. The van der Waals surface area contributed by atoms with Crippen molar-refractivity contribution in [1.29, 1.82) is 0 Å². The van der Waals surface area contributed by atoms with Crippen LogP contribution in [-0.2, 0) is 15.8 Å². The highest BCUT2D eigenvalue weighted by Gasteiger charge is 2.32. The Bertz CT molecular complexity index is 507. The summed E-state index contributed by atoms with van der Waals surface area (Å²) < 4.78 is 26.9. The third kappa shape index (κ3) is 4.30. The summed E-state index contributed by atoms with van der Waals surface area (Å²) in [7, 11) is -3.34. The summed E-state index contributed by atoms with van der Waals surface area (Å²) in [5, 5.41) is 9.59. The van der Waals surface area contributed by atoms with E-state index >= 15 is 0 Å². The van der Waals surface area contributed by atoms with Gasteiger partial charge in [-0.15, -0.1) is 0 Å². The van der Waals surface area contributed by atoms with Crippen molar-refractivity contribution in [2.45, 2.75) is 37.9 Å². The van der Waals surface area contributed by atoms with Gasteiger partial charge < -0.3 is 5.11 Å². The first-order valence-electron chi connectivity index (χ1n) is 7.17. The van der Waals surface area contributed by atoms with Gasteiger partial charge in [-0.1, -0.05) is 49.6 Å². The van der Waals surface area contributed by atoms with Crippen molar-refractivity contribution in [3.05, 3.63) is 35.9 Å². The Kier molecular flexibility index (Phi) is 5.18. The number of rotatable bonds is 6. The molecule has 0 unspecified atom stereocenters. The monoisotopic (exact) mass is 297 g/mol. The fourth-order valence-electron chi connectivity index (χ4n) is 2.80. The zero-order valence-corrected chi connectivity index (χ0v) is 12.5. The van der Waals surface area contributed by atoms with E-state index in [1.54, 1.807) is 0 Å². The van der Waals surface area contributed by atoms with Gasteiger partial charge in [0.15, 0.2) is 0 Å². The van der Waals surface area contributed by atoms with E-state index < -0.39 is 10.0 Å². The molecule has 0 bridgehead atoms. The molecule has 0 saturated heterocycles. The van der Waals surface area contributed by atoms with Gasteiger partial charge in [-0.2, -0.15) is 0 Å². The second-order valence-electron chi connectivity index (χ2n) is 5.78. The average Bonchev–Trinajstić information content (AvgIpc) is 2.47. The Labute approximate surface area is 121 Å². The fourth-order valence-corrected chi connectivity index (χ4v) is 4.06. The molecule has 2 N–H and O–H groups in total. The summed E-state index contributed by atoms with van der Waals surface area (Å²) in [5.41, 5.74) is 0.517. The first-order chi connectivity index (χ1) is 9.55. The minimum Gasteiger partial charge on any atom is -0.396 e. The predicted octanol–water partition coefficient (Wildman–Crippen LogP) is 2.05. The Hall–Kier alpha value is -0.910. The Morgan fingerprint density at radius 1 is 1.10 bits per heavy atom. The zero-order chi connectivity index (χ0) is 14.5. The molecule has 0 heterocycles. The smallest absolute Gasteiger partial charge is 0.215 e. The lowest BCUT2D eigenvalue weighted by Gasteiger charge is -2.35. The van der Waals surface area contributed by atoms with Crippen molar-refractivity contribution in [2.24, 2.45) is 5.41 Å². The van der Waals surface area contributed by atoms with Crippen molar-refractivity contribution >= 4 is 10.0 Å². The molecule has 1 aromatic rings. The zero-order valence-electron chi connectivity index (χ0n) is 11.7. The van der Waals surface area contributed by atoms with Crippen LogP contribution in [0.5, 0.6) is 0 Å². The highest BCUT2D eigenvalue weighted by atomic mass is 32.2. The minimum atomic E-state index is -3.34. The quantitative estimate of drug-likeness (QED) is 0.844. The average molecular weight is 297 g/mol. The van der Waals surface area contributed by atoms with Gasteiger partial charge in [0.25, 0.3) is 0 Å². The molecule has 0 radical (unpaired) electrons. The Morgan fingerprint density at radius 2 is 1.75 bits per heavy atom. The lowest BCUT2D eigenvalue weighted by atomic mass is 9.75. The maximum Gasteiger partial charge on any atom is 0.215 e. The molecule has 1 aliphatic carbocycles. The molecular weight excluding hydrogens is 274 g/mol. The van der Waals surface area contributed by atoms with Gasteiger partial charge in [0.2, 0.25) is 10.0 Å². The van der Waals surface area contributed by atoms with Crippen LogP contribution in [0.4, 0.5) is 0 Å². The molecule has 112 valence electrons. The van der Waals surface area contributed by atoms with Crippen LogP contribution in [-0.4, -0.2) is 26.7 Å². The number of hydrogen-bond donors (Lipinski definition) is 2.